The number of carbonyl (C=O) groups is 1. The summed E-state index contributed by atoms with van der Waals surface area (Å²) in [6.45, 7) is 3.16. The van der Waals surface area contributed by atoms with E-state index in [2.05, 4.69) is 4.57 Å². The molecule has 1 amide bonds. The van der Waals surface area contributed by atoms with E-state index in [-0.39, 0.29) is 22.5 Å². The number of fused-ring (bicyclic) bond motifs is 1. The Morgan fingerprint density at radius 1 is 1.28 bits per heavy atom. The summed E-state index contributed by atoms with van der Waals surface area (Å²) >= 11 is 5.95. The average Bonchev–Trinajstić information content (AvgIpc) is 3.02. The molecule has 0 saturated heterocycles. The van der Waals surface area contributed by atoms with Crippen LogP contribution in [0.15, 0.2) is 42.6 Å². The van der Waals surface area contributed by atoms with Crippen LogP contribution in [0.2, 0.25) is 5.02 Å². The summed E-state index contributed by atoms with van der Waals surface area (Å²) in [5, 5.41) is 0.164. The Labute approximate surface area is 148 Å². The maximum absolute atomic E-state index is 12.8. The van der Waals surface area contributed by atoms with Crippen LogP contribution in [0, 0.1) is 0 Å². The predicted octanol–water partition coefficient (Wildman–Crippen LogP) is 4.78. The summed E-state index contributed by atoms with van der Waals surface area (Å²) < 4.78 is 40.5. The zero-order chi connectivity index (χ0) is 18.2. The first-order valence-corrected chi connectivity index (χ1v) is 8.15. The molecule has 1 aromatic carbocycles. The molecule has 1 aliphatic heterocycles. The number of hydrogen-bond acceptors (Lipinski definition) is 1. The van der Waals surface area contributed by atoms with Crippen molar-refractivity contribution in [1.82, 2.24) is 9.47 Å². The fraction of sp³-hybridized carbons (Fsp3) is 0.278. The van der Waals surface area contributed by atoms with Crippen molar-refractivity contribution in [3.63, 3.8) is 0 Å². The first-order chi connectivity index (χ1) is 11.8. The predicted molar refractivity (Wildman–Crippen MR) is 90.0 cm³/mol. The van der Waals surface area contributed by atoms with E-state index in [4.69, 9.17) is 11.6 Å². The molecule has 0 aliphatic carbocycles. The summed E-state index contributed by atoms with van der Waals surface area (Å²) in [6.07, 6.45) is 0.118. The number of hydrogen-bond donors (Lipinski definition) is 0. The SMILES string of the molecule is CC1c2cccn2CCN1C(=O)/C=C/c1cc(C(F)(F)F)ccc1Cl. The largest absolute Gasteiger partial charge is 0.416 e. The first-order valence-electron chi connectivity index (χ1n) is 7.78. The Morgan fingerprint density at radius 3 is 2.76 bits per heavy atom. The van der Waals surface area contributed by atoms with Crippen molar-refractivity contribution in [2.24, 2.45) is 0 Å². The molecular weight excluding hydrogens is 353 g/mol. The summed E-state index contributed by atoms with van der Waals surface area (Å²) in [4.78, 5) is 14.2. The van der Waals surface area contributed by atoms with Crippen molar-refractivity contribution in [1.29, 1.82) is 0 Å². The van der Waals surface area contributed by atoms with Gasteiger partial charge in [0.2, 0.25) is 5.91 Å². The molecule has 0 bridgehead atoms. The van der Waals surface area contributed by atoms with Crippen LogP contribution in [0.3, 0.4) is 0 Å². The van der Waals surface area contributed by atoms with Gasteiger partial charge in [-0.25, -0.2) is 0 Å². The first kappa shape index (κ1) is 17.6. The standard InChI is InChI=1S/C18H16ClF3N2O/c1-12-16-3-2-8-23(16)9-10-24(12)17(25)7-4-13-11-14(18(20,21)22)5-6-15(13)19/h2-8,11-12H,9-10H2,1H3/b7-4+. The van der Waals surface area contributed by atoms with E-state index in [0.717, 1.165) is 17.8 Å². The number of benzene rings is 1. The zero-order valence-corrected chi connectivity index (χ0v) is 14.2. The molecule has 132 valence electrons. The fourth-order valence-electron chi connectivity index (χ4n) is 2.98. The topological polar surface area (TPSA) is 25.2 Å². The van der Waals surface area contributed by atoms with Crippen molar-refractivity contribution >= 4 is 23.6 Å². The number of nitrogens with zero attached hydrogens (tertiary/aromatic N) is 2. The van der Waals surface area contributed by atoms with Crippen LogP contribution in [-0.4, -0.2) is 21.9 Å². The van der Waals surface area contributed by atoms with Gasteiger partial charge in [-0.1, -0.05) is 11.6 Å². The molecule has 0 saturated carbocycles. The molecule has 2 heterocycles. The highest BCUT2D eigenvalue weighted by Crippen LogP contribution is 2.32. The highest BCUT2D eigenvalue weighted by atomic mass is 35.5. The van der Waals surface area contributed by atoms with Crippen molar-refractivity contribution in [3.8, 4) is 0 Å². The fourth-order valence-corrected chi connectivity index (χ4v) is 3.17. The molecule has 1 aromatic heterocycles. The molecule has 0 spiro atoms. The molecule has 0 fully saturated rings. The Morgan fingerprint density at radius 2 is 2.04 bits per heavy atom. The van der Waals surface area contributed by atoms with E-state index in [1.807, 2.05) is 25.3 Å². The van der Waals surface area contributed by atoms with Crippen LogP contribution in [0.25, 0.3) is 6.08 Å². The van der Waals surface area contributed by atoms with E-state index in [1.165, 1.54) is 18.2 Å². The Hall–Kier alpha value is -2.21. The monoisotopic (exact) mass is 368 g/mol. The van der Waals surface area contributed by atoms with E-state index >= 15 is 0 Å². The molecule has 1 aliphatic rings. The van der Waals surface area contributed by atoms with Gasteiger partial charge in [-0.05, 0) is 48.9 Å². The van der Waals surface area contributed by atoms with Gasteiger partial charge in [-0.3, -0.25) is 4.79 Å². The number of amides is 1. The van der Waals surface area contributed by atoms with Gasteiger partial charge >= 0.3 is 6.18 Å². The van der Waals surface area contributed by atoms with Crippen LogP contribution in [0.4, 0.5) is 13.2 Å². The molecule has 2 aromatic rings. The Balaban J connectivity index is 1.80. The highest BCUT2D eigenvalue weighted by Gasteiger charge is 2.31. The van der Waals surface area contributed by atoms with E-state index in [0.29, 0.717) is 13.1 Å². The Bertz CT molecular complexity index is 826. The van der Waals surface area contributed by atoms with Gasteiger partial charge < -0.3 is 9.47 Å². The minimum absolute atomic E-state index is 0.0992. The normalized spacial score (nSPS) is 17.8. The van der Waals surface area contributed by atoms with E-state index < -0.39 is 11.7 Å². The molecule has 7 heteroatoms. The van der Waals surface area contributed by atoms with Gasteiger partial charge in [-0.2, -0.15) is 13.2 Å². The van der Waals surface area contributed by atoms with E-state index in [9.17, 15) is 18.0 Å². The third kappa shape index (κ3) is 3.58. The summed E-state index contributed by atoms with van der Waals surface area (Å²) in [5.74, 6) is -0.256. The number of aromatic nitrogens is 1. The Kier molecular flexibility index (Phi) is 4.64. The van der Waals surface area contributed by atoms with Gasteiger partial charge in [0.15, 0.2) is 0 Å². The number of carbonyl (C=O) groups excluding carboxylic acids is 1. The third-order valence-corrected chi connectivity index (χ3v) is 4.70. The molecule has 25 heavy (non-hydrogen) atoms. The van der Waals surface area contributed by atoms with Gasteiger partial charge in [0.25, 0.3) is 0 Å². The van der Waals surface area contributed by atoms with Crippen LogP contribution >= 0.6 is 11.6 Å². The minimum atomic E-state index is -4.45. The van der Waals surface area contributed by atoms with Gasteiger partial charge in [0, 0.05) is 36.1 Å². The van der Waals surface area contributed by atoms with Gasteiger partial charge in [0.05, 0.1) is 11.6 Å². The zero-order valence-electron chi connectivity index (χ0n) is 13.4. The second-order valence-corrected chi connectivity index (χ2v) is 6.31. The van der Waals surface area contributed by atoms with Crippen molar-refractivity contribution in [3.05, 3.63) is 64.4 Å². The maximum atomic E-state index is 12.8. The van der Waals surface area contributed by atoms with Crippen LogP contribution in [-0.2, 0) is 17.5 Å². The van der Waals surface area contributed by atoms with Crippen LogP contribution in [0.5, 0.6) is 0 Å². The maximum Gasteiger partial charge on any atom is 0.416 e. The molecule has 0 N–H and O–H groups in total. The summed E-state index contributed by atoms with van der Waals surface area (Å²) in [6, 6.07) is 6.83. The van der Waals surface area contributed by atoms with Gasteiger partial charge in [0.1, 0.15) is 0 Å². The van der Waals surface area contributed by atoms with Gasteiger partial charge in [-0.15, -0.1) is 0 Å². The second kappa shape index (κ2) is 6.59. The second-order valence-electron chi connectivity index (χ2n) is 5.90. The number of rotatable bonds is 2. The highest BCUT2D eigenvalue weighted by molar-refractivity contribution is 6.32. The smallest absolute Gasteiger partial charge is 0.348 e. The third-order valence-electron chi connectivity index (χ3n) is 4.35. The molecule has 0 radical (unpaired) electrons. The van der Waals surface area contributed by atoms with Crippen LogP contribution < -0.4 is 0 Å². The molecule has 1 unspecified atom stereocenters. The summed E-state index contributed by atoms with van der Waals surface area (Å²) in [7, 11) is 0. The lowest BCUT2D eigenvalue weighted by Gasteiger charge is -2.34. The quantitative estimate of drug-likeness (QED) is 0.700. The number of alkyl halides is 3. The lowest BCUT2D eigenvalue weighted by molar-refractivity contribution is -0.137. The van der Waals surface area contributed by atoms with Crippen LogP contribution in [0.1, 0.15) is 29.8 Å². The lowest BCUT2D eigenvalue weighted by Crippen LogP contribution is -2.39. The average molecular weight is 369 g/mol. The van der Waals surface area contributed by atoms with Crippen molar-refractivity contribution < 1.29 is 18.0 Å². The summed E-state index contributed by atoms with van der Waals surface area (Å²) in [5.41, 5.74) is 0.399. The molecule has 3 nitrogen and oxygen atoms in total. The van der Waals surface area contributed by atoms with Crippen molar-refractivity contribution in [2.75, 3.05) is 6.54 Å². The van der Waals surface area contributed by atoms with Crippen molar-refractivity contribution in [2.45, 2.75) is 25.7 Å². The molecule has 1 atom stereocenters. The van der Waals surface area contributed by atoms with E-state index in [1.54, 1.807) is 4.90 Å². The minimum Gasteiger partial charge on any atom is -0.348 e. The molecular formula is C18H16ClF3N2O. The number of halogens is 4. The molecule has 3 rings (SSSR count). The lowest BCUT2D eigenvalue weighted by atomic mass is 10.1.